The van der Waals surface area contributed by atoms with Crippen LogP contribution in [0.4, 0.5) is 4.79 Å². The predicted octanol–water partition coefficient (Wildman–Crippen LogP) is 2.21. The van der Waals surface area contributed by atoms with Crippen molar-refractivity contribution >= 4 is 23.3 Å². The summed E-state index contributed by atoms with van der Waals surface area (Å²) in [7, 11) is 1.42. The number of urea groups is 1. The van der Waals surface area contributed by atoms with Crippen LogP contribution in [0.2, 0.25) is 0 Å². The molecular formula is C14H22N2O4S. The van der Waals surface area contributed by atoms with E-state index >= 15 is 0 Å². The van der Waals surface area contributed by atoms with Crippen LogP contribution in [0.3, 0.4) is 0 Å². The SMILES string of the molecule is COC(CNC(=O)NC(C)c1cc(C)sc1C)CC(=O)O. The monoisotopic (exact) mass is 314 g/mol. The molecule has 7 heteroatoms. The van der Waals surface area contributed by atoms with Gasteiger partial charge in [0, 0.05) is 23.4 Å². The Morgan fingerprint density at radius 2 is 2.10 bits per heavy atom. The minimum absolute atomic E-state index is 0.101. The molecule has 1 rings (SSSR count). The molecule has 0 aliphatic heterocycles. The standard InChI is InChI=1S/C14H22N2O4S/c1-8-5-12(10(3)21-8)9(2)16-14(19)15-7-11(20-4)6-13(17)18/h5,9,11H,6-7H2,1-4H3,(H,17,18)(H2,15,16,19). The van der Waals surface area contributed by atoms with Crippen molar-refractivity contribution < 1.29 is 19.4 Å². The van der Waals surface area contributed by atoms with E-state index in [-0.39, 0.29) is 25.0 Å². The highest BCUT2D eigenvalue weighted by atomic mass is 32.1. The minimum Gasteiger partial charge on any atom is -0.481 e. The number of rotatable bonds is 7. The van der Waals surface area contributed by atoms with Crippen molar-refractivity contribution in [1.29, 1.82) is 0 Å². The lowest BCUT2D eigenvalue weighted by atomic mass is 10.1. The van der Waals surface area contributed by atoms with Gasteiger partial charge in [0.15, 0.2) is 0 Å². The van der Waals surface area contributed by atoms with Gasteiger partial charge in [-0.25, -0.2) is 4.79 Å². The Balaban J connectivity index is 2.46. The van der Waals surface area contributed by atoms with Crippen molar-refractivity contribution in [3.8, 4) is 0 Å². The zero-order valence-corrected chi connectivity index (χ0v) is 13.5. The Labute approximate surface area is 128 Å². The van der Waals surface area contributed by atoms with Crippen molar-refractivity contribution in [2.45, 2.75) is 39.3 Å². The fraction of sp³-hybridized carbons (Fsp3) is 0.571. The molecule has 0 aromatic carbocycles. The highest BCUT2D eigenvalue weighted by Crippen LogP contribution is 2.25. The van der Waals surface area contributed by atoms with Crippen molar-refractivity contribution in [2.24, 2.45) is 0 Å². The molecule has 118 valence electrons. The van der Waals surface area contributed by atoms with Crippen LogP contribution in [0.15, 0.2) is 6.07 Å². The topological polar surface area (TPSA) is 87.7 Å². The summed E-state index contributed by atoms with van der Waals surface area (Å²) in [6.07, 6.45) is -0.677. The first-order valence-corrected chi connectivity index (χ1v) is 7.51. The number of thiophene rings is 1. The van der Waals surface area contributed by atoms with Crippen LogP contribution in [0.5, 0.6) is 0 Å². The molecule has 0 radical (unpaired) electrons. The summed E-state index contributed by atoms with van der Waals surface area (Å²) in [6.45, 7) is 6.13. The first kappa shape index (κ1) is 17.5. The van der Waals surface area contributed by atoms with Crippen LogP contribution in [-0.4, -0.2) is 36.9 Å². The van der Waals surface area contributed by atoms with Gasteiger partial charge in [-0.3, -0.25) is 4.79 Å². The third kappa shape index (κ3) is 5.73. The molecule has 6 nitrogen and oxygen atoms in total. The Morgan fingerprint density at radius 3 is 2.57 bits per heavy atom. The molecule has 2 unspecified atom stereocenters. The van der Waals surface area contributed by atoms with Gasteiger partial charge >= 0.3 is 12.0 Å². The first-order chi connectivity index (χ1) is 9.83. The lowest BCUT2D eigenvalue weighted by molar-refractivity contribution is -0.139. The second-order valence-electron chi connectivity index (χ2n) is 4.90. The van der Waals surface area contributed by atoms with E-state index in [0.717, 1.165) is 5.56 Å². The highest BCUT2D eigenvalue weighted by Gasteiger charge is 2.16. The number of ether oxygens (including phenoxy) is 1. The van der Waals surface area contributed by atoms with Crippen LogP contribution < -0.4 is 10.6 Å². The number of hydrogen-bond donors (Lipinski definition) is 3. The molecule has 2 atom stereocenters. The van der Waals surface area contributed by atoms with Gasteiger partial charge in [-0.05, 0) is 32.4 Å². The molecule has 0 spiro atoms. The van der Waals surface area contributed by atoms with Gasteiger partial charge in [0.2, 0.25) is 0 Å². The van der Waals surface area contributed by atoms with Gasteiger partial charge in [0.05, 0.1) is 18.6 Å². The molecule has 0 aliphatic rings. The number of aliphatic carboxylic acids is 1. The summed E-state index contributed by atoms with van der Waals surface area (Å²) in [5.74, 6) is -0.957. The quantitative estimate of drug-likeness (QED) is 0.720. The number of carboxylic acid groups (broad SMARTS) is 1. The Kier molecular flexibility index (Phi) is 6.64. The van der Waals surface area contributed by atoms with Crippen LogP contribution in [0.25, 0.3) is 0 Å². The first-order valence-electron chi connectivity index (χ1n) is 6.69. The van der Waals surface area contributed by atoms with Crippen LogP contribution in [0.1, 0.15) is 34.7 Å². The highest BCUT2D eigenvalue weighted by molar-refractivity contribution is 7.12. The number of aryl methyl sites for hydroxylation is 2. The third-order valence-corrected chi connectivity index (χ3v) is 4.10. The van der Waals surface area contributed by atoms with Crippen molar-refractivity contribution in [3.05, 3.63) is 21.4 Å². The molecule has 0 fully saturated rings. The lowest BCUT2D eigenvalue weighted by Crippen LogP contribution is -2.41. The fourth-order valence-corrected chi connectivity index (χ4v) is 3.07. The van der Waals surface area contributed by atoms with Crippen molar-refractivity contribution in [2.75, 3.05) is 13.7 Å². The summed E-state index contributed by atoms with van der Waals surface area (Å²) in [5, 5.41) is 14.2. The molecule has 0 bridgehead atoms. The second kappa shape index (κ2) is 7.99. The fourth-order valence-electron chi connectivity index (χ4n) is 2.05. The molecule has 0 saturated carbocycles. The number of nitrogens with one attached hydrogen (secondary N) is 2. The summed E-state index contributed by atoms with van der Waals surface area (Å²) in [6, 6.07) is 1.63. The Morgan fingerprint density at radius 1 is 1.43 bits per heavy atom. The van der Waals surface area contributed by atoms with E-state index in [1.807, 2.05) is 20.8 Å². The van der Waals surface area contributed by atoms with Crippen LogP contribution in [0, 0.1) is 13.8 Å². The maximum atomic E-state index is 11.8. The van der Waals surface area contributed by atoms with E-state index in [9.17, 15) is 9.59 Å². The van der Waals surface area contributed by atoms with Gasteiger partial charge < -0.3 is 20.5 Å². The van der Waals surface area contributed by atoms with E-state index in [4.69, 9.17) is 9.84 Å². The van der Waals surface area contributed by atoms with E-state index < -0.39 is 12.1 Å². The molecule has 21 heavy (non-hydrogen) atoms. The molecule has 2 amide bonds. The number of carboxylic acids is 1. The molecule has 1 aromatic rings. The van der Waals surface area contributed by atoms with Gasteiger partial charge in [-0.15, -0.1) is 11.3 Å². The lowest BCUT2D eigenvalue weighted by Gasteiger charge is -2.17. The third-order valence-electron chi connectivity index (χ3n) is 3.12. The van der Waals surface area contributed by atoms with Gasteiger partial charge in [-0.1, -0.05) is 0 Å². The average molecular weight is 314 g/mol. The Bertz CT molecular complexity index is 501. The second-order valence-corrected chi connectivity index (χ2v) is 6.36. The van der Waals surface area contributed by atoms with Crippen molar-refractivity contribution in [3.63, 3.8) is 0 Å². The minimum atomic E-state index is -0.957. The number of methoxy groups -OCH3 is 1. The zero-order valence-electron chi connectivity index (χ0n) is 12.7. The maximum Gasteiger partial charge on any atom is 0.315 e. The molecular weight excluding hydrogens is 292 g/mol. The molecule has 3 N–H and O–H groups in total. The van der Waals surface area contributed by atoms with Gasteiger partial charge in [0.25, 0.3) is 0 Å². The predicted molar refractivity (Wildman–Crippen MR) is 81.8 cm³/mol. The van der Waals surface area contributed by atoms with E-state index in [2.05, 4.69) is 16.7 Å². The van der Waals surface area contributed by atoms with Gasteiger partial charge in [-0.2, -0.15) is 0 Å². The smallest absolute Gasteiger partial charge is 0.315 e. The number of hydrogen-bond acceptors (Lipinski definition) is 4. The van der Waals surface area contributed by atoms with Crippen LogP contribution in [-0.2, 0) is 9.53 Å². The number of carbonyl (C=O) groups is 2. The number of carbonyl (C=O) groups excluding carboxylic acids is 1. The van der Waals surface area contributed by atoms with Crippen molar-refractivity contribution in [1.82, 2.24) is 10.6 Å². The van der Waals surface area contributed by atoms with E-state index in [1.165, 1.54) is 16.9 Å². The largest absolute Gasteiger partial charge is 0.481 e. The molecule has 1 aromatic heterocycles. The van der Waals surface area contributed by atoms with E-state index in [0.29, 0.717) is 0 Å². The van der Waals surface area contributed by atoms with Gasteiger partial charge in [0.1, 0.15) is 0 Å². The molecule has 0 saturated heterocycles. The zero-order chi connectivity index (χ0) is 16.0. The normalized spacial score (nSPS) is 13.5. The summed E-state index contributed by atoms with van der Waals surface area (Å²) in [4.78, 5) is 24.8. The average Bonchev–Trinajstić information content (AvgIpc) is 2.73. The summed E-state index contributed by atoms with van der Waals surface area (Å²) in [5.41, 5.74) is 1.10. The van der Waals surface area contributed by atoms with E-state index in [1.54, 1.807) is 11.3 Å². The van der Waals surface area contributed by atoms with Crippen LogP contribution >= 0.6 is 11.3 Å². The Hall–Kier alpha value is -1.60. The maximum absolute atomic E-state index is 11.8. The summed E-state index contributed by atoms with van der Waals surface area (Å²) < 4.78 is 5.00. The summed E-state index contributed by atoms with van der Waals surface area (Å²) >= 11 is 1.70. The molecule has 0 aliphatic carbocycles. The molecule has 1 heterocycles. The number of amides is 2.